The van der Waals surface area contributed by atoms with E-state index >= 15 is 0 Å². The zero-order valence-electron chi connectivity index (χ0n) is 12.4. The minimum Gasteiger partial charge on any atom is -0.370 e. The molecule has 110 valence electrons. The predicted molar refractivity (Wildman–Crippen MR) is 82.9 cm³/mol. The van der Waals surface area contributed by atoms with E-state index in [1.54, 1.807) is 0 Å². The van der Waals surface area contributed by atoms with E-state index in [0.29, 0.717) is 6.10 Å². The maximum absolute atomic E-state index is 6.38. The Balaban J connectivity index is 1.35. The molecule has 2 heteroatoms. The first kappa shape index (κ1) is 14.1. The lowest BCUT2D eigenvalue weighted by molar-refractivity contribution is -0.0622. The van der Waals surface area contributed by atoms with E-state index in [4.69, 9.17) is 4.74 Å². The van der Waals surface area contributed by atoms with Gasteiger partial charge >= 0.3 is 0 Å². The van der Waals surface area contributed by atoms with Crippen molar-refractivity contribution in [2.75, 3.05) is 13.1 Å². The van der Waals surface area contributed by atoms with Gasteiger partial charge in [-0.2, -0.15) is 0 Å². The molecule has 0 aromatic heterocycles. The standard InChI is InChI=1S/C18H27NO/c1-3-7-16(8-4-1)10-14-19-15-17-9-13-18(20-17)11-5-2-6-12-18/h1,3-4,7-8,17,19H,2,5-6,9-15H2. The molecule has 1 saturated heterocycles. The molecular formula is C18H27NO. The van der Waals surface area contributed by atoms with Crippen molar-refractivity contribution >= 4 is 0 Å². The molecule has 1 spiro atoms. The van der Waals surface area contributed by atoms with Gasteiger partial charge in [0.15, 0.2) is 0 Å². The first-order valence-electron chi connectivity index (χ1n) is 8.29. The van der Waals surface area contributed by atoms with Gasteiger partial charge in [-0.3, -0.25) is 0 Å². The van der Waals surface area contributed by atoms with Crippen LogP contribution in [-0.2, 0) is 11.2 Å². The van der Waals surface area contributed by atoms with Crippen molar-refractivity contribution in [1.82, 2.24) is 5.32 Å². The van der Waals surface area contributed by atoms with E-state index in [2.05, 4.69) is 35.6 Å². The second-order valence-electron chi connectivity index (χ2n) is 6.46. The lowest BCUT2D eigenvalue weighted by Crippen LogP contribution is -2.35. The van der Waals surface area contributed by atoms with Gasteiger partial charge in [0.25, 0.3) is 0 Å². The van der Waals surface area contributed by atoms with Gasteiger partial charge in [-0.15, -0.1) is 0 Å². The molecule has 3 rings (SSSR count). The highest BCUT2D eigenvalue weighted by molar-refractivity contribution is 5.14. The number of benzene rings is 1. The monoisotopic (exact) mass is 273 g/mol. The van der Waals surface area contributed by atoms with Crippen LogP contribution in [0.2, 0.25) is 0 Å². The maximum atomic E-state index is 6.38. The Kier molecular flexibility index (Phi) is 4.74. The third-order valence-electron chi connectivity index (χ3n) is 4.91. The summed E-state index contributed by atoms with van der Waals surface area (Å²) in [5, 5.41) is 3.57. The van der Waals surface area contributed by atoms with Crippen molar-refractivity contribution < 1.29 is 4.74 Å². The predicted octanol–water partition coefficient (Wildman–Crippen LogP) is 3.70. The van der Waals surface area contributed by atoms with Crippen molar-refractivity contribution in [3.63, 3.8) is 0 Å². The van der Waals surface area contributed by atoms with E-state index in [0.717, 1.165) is 19.5 Å². The van der Waals surface area contributed by atoms with Gasteiger partial charge in [-0.25, -0.2) is 0 Å². The van der Waals surface area contributed by atoms with Crippen LogP contribution in [0.5, 0.6) is 0 Å². The van der Waals surface area contributed by atoms with E-state index in [-0.39, 0.29) is 5.60 Å². The average Bonchev–Trinajstić information content (AvgIpc) is 2.88. The Hall–Kier alpha value is -0.860. The minimum atomic E-state index is 0.268. The summed E-state index contributed by atoms with van der Waals surface area (Å²) in [6, 6.07) is 10.7. The van der Waals surface area contributed by atoms with Crippen LogP contribution < -0.4 is 5.32 Å². The molecule has 0 radical (unpaired) electrons. The third-order valence-corrected chi connectivity index (χ3v) is 4.91. The van der Waals surface area contributed by atoms with Crippen LogP contribution in [0, 0.1) is 0 Å². The van der Waals surface area contributed by atoms with Crippen molar-refractivity contribution in [3.8, 4) is 0 Å². The molecule has 2 fully saturated rings. The second kappa shape index (κ2) is 6.73. The molecule has 2 nitrogen and oxygen atoms in total. The SMILES string of the molecule is c1ccc(CCNCC2CCC3(CCCCC3)O2)cc1. The molecule has 2 aliphatic rings. The Labute approximate surface area is 122 Å². The van der Waals surface area contributed by atoms with Crippen molar-refractivity contribution in [2.45, 2.75) is 63.1 Å². The fraction of sp³-hybridized carbons (Fsp3) is 0.667. The van der Waals surface area contributed by atoms with Crippen molar-refractivity contribution in [2.24, 2.45) is 0 Å². The van der Waals surface area contributed by atoms with Crippen LogP contribution in [0.25, 0.3) is 0 Å². The van der Waals surface area contributed by atoms with Gasteiger partial charge in [0, 0.05) is 6.54 Å². The van der Waals surface area contributed by atoms with Gasteiger partial charge in [0.1, 0.15) is 0 Å². The van der Waals surface area contributed by atoms with Gasteiger partial charge < -0.3 is 10.1 Å². The summed E-state index contributed by atoms with van der Waals surface area (Å²) in [4.78, 5) is 0. The normalized spacial score (nSPS) is 25.1. The number of rotatable bonds is 5. The number of hydrogen-bond acceptors (Lipinski definition) is 2. The molecule has 1 aliphatic heterocycles. The largest absolute Gasteiger partial charge is 0.370 e. The third kappa shape index (κ3) is 3.62. The lowest BCUT2D eigenvalue weighted by Gasteiger charge is -2.33. The number of hydrogen-bond donors (Lipinski definition) is 1. The van der Waals surface area contributed by atoms with Crippen LogP contribution in [0.4, 0.5) is 0 Å². The summed E-state index contributed by atoms with van der Waals surface area (Å²) in [6.07, 6.45) is 10.8. The van der Waals surface area contributed by atoms with Gasteiger partial charge in [-0.1, -0.05) is 49.6 Å². The molecule has 20 heavy (non-hydrogen) atoms. The molecule has 1 unspecified atom stereocenters. The highest BCUT2D eigenvalue weighted by atomic mass is 16.5. The summed E-state index contributed by atoms with van der Waals surface area (Å²) < 4.78 is 6.38. The minimum absolute atomic E-state index is 0.268. The lowest BCUT2D eigenvalue weighted by atomic mass is 9.83. The zero-order chi connectivity index (χ0) is 13.7. The smallest absolute Gasteiger partial charge is 0.0708 e. The van der Waals surface area contributed by atoms with Crippen molar-refractivity contribution in [1.29, 1.82) is 0 Å². The molecular weight excluding hydrogens is 246 g/mol. The molecule has 1 heterocycles. The summed E-state index contributed by atoms with van der Waals surface area (Å²) in [7, 11) is 0. The highest BCUT2D eigenvalue weighted by Gasteiger charge is 2.40. The summed E-state index contributed by atoms with van der Waals surface area (Å²) in [6.45, 7) is 2.07. The molecule has 1 aromatic rings. The average molecular weight is 273 g/mol. The van der Waals surface area contributed by atoms with Gasteiger partial charge in [-0.05, 0) is 44.2 Å². The van der Waals surface area contributed by atoms with Crippen LogP contribution in [0.3, 0.4) is 0 Å². The highest BCUT2D eigenvalue weighted by Crippen LogP contribution is 2.41. The topological polar surface area (TPSA) is 21.3 Å². The fourth-order valence-corrected chi connectivity index (χ4v) is 3.74. The molecule has 1 aromatic carbocycles. The van der Waals surface area contributed by atoms with Gasteiger partial charge in [0.2, 0.25) is 0 Å². The first-order chi connectivity index (χ1) is 9.86. The molecule has 1 N–H and O–H groups in total. The van der Waals surface area contributed by atoms with Crippen LogP contribution >= 0.6 is 0 Å². The molecule has 1 aliphatic carbocycles. The van der Waals surface area contributed by atoms with E-state index < -0.39 is 0 Å². The van der Waals surface area contributed by atoms with Crippen molar-refractivity contribution in [3.05, 3.63) is 35.9 Å². The van der Waals surface area contributed by atoms with Gasteiger partial charge in [0.05, 0.1) is 11.7 Å². The molecule has 1 saturated carbocycles. The summed E-state index contributed by atoms with van der Waals surface area (Å²) in [5.41, 5.74) is 1.68. The van der Waals surface area contributed by atoms with Crippen LogP contribution in [-0.4, -0.2) is 24.8 Å². The van der Waals surface area contributed by atoms with Crippen LogP contribution in [0.1, 0.15) is 50.5 Å². The molecule has 1 atom stereocenters. The number of nitrogens with one attached hydrogen (secondary N) is 1. The van der Waals surface area contributed by atoms with E-state index in [1.165, 1.54) is 50.5 Å². The Bertz CT molecular complexity index is 397. The quantitative estimate of drug-likeness (QED) is 0.826. The first-order valence-corrected chi connectivity index (χ1v) is 8.29. The van der Waals surface area contributed by atoms with E-state index in [9.17, 15) is 0 Å². The summed E-state index contributed by atoms with van der Waals surface area (Å²) >= 11 is 0. The Morgan fingerprint density at radius 1 is 1.05 bits per heavy atom. The molecule has 0 bridgehead atoms. The van der Waals surface area contributed by atoms with Crippen LogP contribution in [0.15, 0.2) is 30.3 Å². The van der Waals surface area contributed by atoms with E-state index in [1.807, 2.05) is 0 Å². The maximum Gasteiger partial charge on any atom is 0.0708 e. The fourth-order valence-electron chi connectivity index (χ4n) is 3.74. The Morgan fingerprint density at radius 2 is 1.85 bits per heavy atom. The Morgan fingerprint density at radius 3 is 2.65 bits per heavy atom. The summed E-state index contributed by atoms with van der Waals surface area (Å²) in [5.74, 6) is 0. The number of ether oxygens (including phenoxy) is 1. The molecule has 0 amide bonds. The second-order valence-corrected chi connectivity index (χ2v) is 6.46. The zero-order valence-corrected chi connectivity index (χ0v) is 12.4.